The summed E-state index contributed by atoms with van der Waals surface area (Å²) in [6, 6.07) is 0. The van der Waals surface area contributed by atoms with E-state index >= 15 is 0 Å². The van der Waals surface area contributed by atoms with Crippen molar-refractivity contribution in [3.63, 3.8) is 0 Å². The molecule has 1 aliphatic rings. The van der Waals surface area contributed by atoms with Gasteiger partial charge in [0.2, 0.25) is 0 Å². The van der Waals surface area contributed by atoms with Crippen molar-refractivity contribution in [2.75, 3.05) is 0 Å². The number of hydrogen-bond donors (Lipinski definition) is 0. The third kappa shape index (κ3) is 5.90. The Kier molecular flexibility index (Phi) is 7.92. The van der Waals surface area contributed by atoms with E-state index in [2.05, 4.69) is 20.8 Å². The Bertz CT molecular complexity index is 172. The van der Waals surface area contributed by atoms with Crippen molar-refractivity contribution in [2.45, 2.75) is 97.2 Å². The lowest BCUT2D eigenvalue weighted by Gasteiger charge is -2.31. The molecular formula is C16H32O. The third-order valence-electron chi connectivity index (χ3n) is 4.29. The summed E-state index contributed by atoms with van der Waals surface area (Å²) in [6.45, 7) is 6.93. The van der Waals surface area contributed by atoms with Crippen LogP contribution in [0.1, 0.15) is 85.0 Å². The molecule has 0 aromatic heterocycles. The number of ether oxygens (including phenoxy) is 1. The van der Waals surface area contributed by atoms with E-state index in [9.17, 15) is 0 Å². The molecule has 0 aromatic rings. The van der Waals surface area contributed by atoms with E-state index in [4.69, 9.17) is 4.74 Å². The first-order chi connectivity index (χ1) is 8.27. The average Bonchev–Trinajstić information content (AvgIpc) is 2.38. The largest absolute Gasteiger partial charge is 0.375 e. The second-order valence-corrected chi connectivity index (χ2v) is 5.82. The molecular weight excluding hydrogens is 208 g/mol. The molecule has 2 atom stereocenters. The Labute approximate surface area is 108 Å². The zero-order valence-corrected chi connectivity index (χ0v) is 12.2. The van der Waals surface area contributed by atoms with Gasteiger partial charge in [-0.15, -0.1) is 0 Å². The van der Waals surface area contributed by atoms with Gasteiger partial charge in [-0.25, -0.2) is 0 Å². The van der Waals surface area contributed by atoms with Crippen LogP contribution in [0.3, 0.4) is 0 Å². The van der Waals surface area contributed by atoms with Gasteiger partial charge in [-0.3, -0.25) is 0 Å². The van der Waals surface area contributed by atoms with Crippen molar-refractivity contribution in [3.05, 3.63) is 0 Å². The first-order valence-corrected chi connectivity index (χ1v) is 7.93. The Morgan fingerprint density at radius 2 is 1.76 bits per heavy atom. The molecule has 2 unspecified atom stereocenters. The highest BCUT2D eigenvalue weighted by atomic mass is 16.5. The molecule has 0 heterocycles. The molecule has 0 spiro atoms. The van der Waals surface area contributed by atoms with Gasteiger partial charge >= 0.3 is 0 Å². The van der Waals surface area contributed by atoms with Crippen LogP contribution in [0.4, 0.5) is 0 Å². The molecule has 0 saturated heterocycles. The van der Waals surface area contributed by atoms with Crippen molar-refractivity contribution in [1.29, 1.82) is 0 Å². The van der Waals surface area contributed by atoms with Crippen LogP contribution < -0.4 is 0 Å². The summed E-state index contributed by atoms with van der Waals surface area (Å²) in [6.07, 6.45) is 14.4. The predicted molar refractivity (Wildman–Crippen MR) is 75.3 cm³/mol. The fourth-order valence-electron chi connectivity index (χ4n) is 2.79. The molecule has 0 amide bonds. The van der Waals surface area contributed by atoms with E-state index in [1.54, 1.807) is 0 Å². The molecule has 102 valence electrons. The van der Waals surface area contributed by atoms with Crippen LogP contribution in [0.5, 0.6) is 0 Å². The lowest BCUT2D eigenvalue weighted by molar-refractivity contribution is -0.0591. The maximum Gasteiger partial charge on any atom is 0.0604 e. The van der Waals surface area contributed by atoms with Gasteiger partial charge in [0.25, 0.3) is 0 Å². The highest BCUT2D eigenvalue weighted by molar-refractivity contribution is 4.71. The summed E-state index contributed by atoms with van der Waals surface area (Å²) in [4.78, 5) is 0. The molecule has 1 saturated carbocycles. The van der Waals surface area contributed by atoms with Crippen molar-refractivity contribution >= 4 is 0 Å². The summed E-state index contributed by atoms with van der Waals surface area (Å²) in [5, 5.41) is 0. The van der Waals surface area contributed by atoms with Crippen molar-refractivity contribution in [3.8, 4) is 0 Å². The van der Waals surface area contributed by atoms with Gasteiger partial charge in [0.1, 0.15) is 0 Å². The van der Waals surface area contributed by atoms with Crippen LogP contribution in [0.2, 0.25) is 0 Å². The Balaban J connectivity index is 2.32. The summed E-state index contributed by atoms with van der Waals surface area (Å²) < 4.78 is 6.39. The highest BCUT2D eigenvalue weighted by Gasteiger charge is 2.22. The van der Waals surface area contributed by atoms with Gasteiger partial charge in [-0.1, -0.05) is 65.7 Å². The summed E-state index contributed by atoms with van der Waals surface area (Å²) in [7, 11) is 0. The quantitative estimate of drug-likeness (QED) is 0.521. The van der Waals surface area contributed by atoms with Gasteiger partial charge in [0, 0.05) is 0 Å². The number of rotatable bonds is 8. The summed E-state index contributed by atoms with van der Waals surface area (Å²) in [5.41, 5.74) is 0. The van der Waals surface area contributed by atoms with Crippen LogP contribution >= 0.6 is 0 Å². The third-order valence-corrected chi connectivity index (χ3v) is 4.29. The first-order valence-electron chi connectivity index (χ1n) is 7.93. The first kappa shape index (κ1) is 15.0. The van der Waals surface area contributed by atoms with Crippen molar-refractivity contribution in [2.24, 2.45) is 5.92 Å². The molecule has 1 aliphatic carbocycles. The normalized spacial score (nSPS) is 21.4. The minimum absolute atomic E-state index is 0.523. The van der Waals surface area contributed by atoms with Crippen LogP contribution in [0.25, 0.3) is 0 Å². The maximum absolute atomic E-state index is 6.39. The van der Waals surface area contributed by atoms with E-state index in [0.717, 1.165) is 5.92 Å². The summed E-state index contributed by atoms with van der Waals surface area (Å²) >= 11 is 0. The van der Waals surface area contributed by atoms with E-state index in [1.807, 2.05) is 0 Å². The second-order valence-electron chi connectivity index (χ2n) is 5.82. The Morgan fingerprint density at radius 1 is 1.06 bits per heavy atom. The zero-order chi connectivity index (χ0) is 12.5. The molecule has 0 aromatic carbocycles. The molecule has 1 rings (SSSR count). The smallest absolute Gasteiger partial charge is 0.0604 e. The minimum Gasteiger partial charge on any atom is -0.375 e. The molecule has 1 nitrogen and oxygen atoms in total. The molecule has 0 N–H and O–H groups in total. The Morgan fingerprint density at radius 3 is 2.35 bits per heavy atom. The Hall–Kier alpha value is -0.0400. The monoisotopic (exact) mass is 240 g/mol. The van der Waals surface area contributed by atoms with Crippen molar-refractivity contribution < 1.29 is 4.74 Å². The van der Waals surface area contributed by atoms with Gasteiger partial charge in [0.15, 0.2) is 0 Å². The topological polar surface area (TPSA) is 9.23 Å². The van der Waals surface area contributed by atoms with Crippen LogP contribution in [0.15, 0.2) is 0 Å². The molecule has 0 bridgehead atoms. The van der Waals surface area contributed by atoms with E-state index in [-0.39, 0.29) is 0 Å². The lowest BCUT2D eigenvalue weighted by Crippen LogP contribution is -2.29. The maximum atomic E-state index is 6.39. The fourth-order valence-corrected chi connectivity index (χ4v) is 2.79. The van der Waals surface area contributed by atoms with Gasteiger partial charge in [0.05, 0.1) is 12.2 Å². The SMILES string of the molecule is CCCCCC(OC1CCCCC1)C(C)CC. The highest BCUT2D eigenvalue weighted by Crippen LogP contribution is 2.26. The number of hydrogen-bond acceptors (Lipinski definition) is 1. The number of unbranched alkanes of at least 4 members (excludes halogenated alkanes) is 2. The average molecular weight is 240 g/mol. The molecule has 0 aliphatic heterocycles. The van der Waals surface area contributed by atoms with Crippen LogP contribution in [-0.2, 0) is 4.74 Å². The van der Waals surface area contributed by atoms with Gasteiger partial charge < -0.3 is 4.74 Å². The summed E-state index contributed by atoms with van der Waals surface area (Å²) in [5.74, 6) is 0.730. The van der Waals surface area contributed by atoms with Crippen molar-refractivity contribution in [1.82, 2.24) is 0 Å². The molecule has 1 heteroatoms. The van der Waals surface area contributed by atoms with E-state index in [1.165, 1.54) is 64.2 Å². The minimum atomic E-state index is 0.523. The zero-order valence-electron chi connectivity index (χ0n) is 12.2. The second kappa shape index (κ2) is 8.97. The van der Waals surface area contributed by atoms with Gasteiger partial charge in [-0.05, 0) is 25.2 Å². The predicted octanol–water partition coefficient (Wildman–Crippen LogP) is 5.33. The van der Waals surface area contributed by atoms with Crippen LogP contribution in [-0.4, -0.2) is 12.2 Å². The van der Waals surface area contributed by atoms with E-state index < -0.39 is 0 Å². The van der Waals surface area contributed by atoms with Crippen LogP contribution in [0, 0.1) is 5.92 Å². The van der Waals surface area contributed by atoms with E-state index in [0.29, 0.717) is 12.2 Å². The molecule has 1 fully saturated rings. The van der Waals surface area contributed by atoms with Gasteiger partial charge in [-0.2, -0.15) is 0 Å². The molecule has 0 radical (unpaired) electrons. The molecule has 17 heavy (non-hydrogen) atoms. The standard InChI is InChI=1S/C16H32O/c1-4-6-8-13-16(14(3)5-2)17-15-11-9-7-10-12-15/h14-16H,4-13H2,1-3H3. The fraction of sp³-hybridized carbons (Fsp3) is 1.00. The lowest BCUT2D eigenvalue weighted by atomic mass is 9.94.